The number of nitrogens with zero attached hydrogens (tertiary/aromatic N) is 2. The van der Waals surface area contributed by atoms with Crippen molar-refractivity contribution in [2.75, 3.05) is 37.6 Å². The summed E-state index contributed by atoms with van der Waals surface area (Å²) in [5, 5.41) is 5.59. The standard InChI is InChI=1S/C21H23N3O2.ClH/c25-20-8-15(21(26)23-11-16-9-22-10-17(16)12-23)13-24(20)19-7-3-5-14-4-1-2-6-18(14)19;/h1-7,15-17,22H,8-13H2;1H/t15?,16-,17+;. The first-order chi connectivity index (χ1) is 12.7. The molecule has 3 heterocycles. The molecule has 3 atom stereocenters. The summed E-state index contributed by atoms with van der Waals surface area (Å²) in [4.78, 5) is 29.5. The maximum absolute atomic E-state index is 13.0. The first-order valence-corrected chi connectivity index (χ1v) is 9.48. The average molecular weight is 386 g/mol. The molecule has 3 aliphatic heterocycles. The lowest BCUT2D eigenvalue weighted by molar-refractivity contribution is -0.135. The fraction of sp³-hybridized carbons (Fsp3) is 0.429. The second kappa shape index (κ2) is 7.13. The van der Waals surface area contributed by atoms with E-state index in [1.54, 1.807) is 0 Å². The average Bonchev–Trinajstić information content (AvgIpc) is 3.35. The molecule has 142 valence electrons. The smallest absolute Gasteiger partial charge is 0.228 e. The number of amides is 2. The van der Waals surface area contributed by atoms with Gasteiger partial charge in [0.2, 0.25) is 11.8 Å². The number of hydrogen-bond donors (Lipinski definition) is 1. The third-order valence-corrected chi connectivity index (χ3v) is 6.23. The van der Waals surface area contributed by atoms with Crippen molar-refractivity contribution in [1.82, 2.24) is 10.2 Å². The van der Waals surface area contributed by atoms with Crippen LogP contribution in [0.5, 0.6) is 0 Å². The minimum atomic E-state index is -0.215. The molecule has 0 aliphatic carbocycles. The van der Waals surface area contributed by atoms with Crippen molar-refractivity contribution >= 4 is 40.7 Å². The molecule has 5 rings (SSSR count). The van der Waals surface area contributed by atoms with Gasteiger partial charge in [-0.3, -0.25) is 9.59 Å². The minimum absolute atomic E-state index is 0. The minimum Gasteiger partial charge on any atom is -0.342 e. The predicted octanol–water partition coefficient (Wildman–Crippen LogP) is 2.29. The van der Waals surface area contributed by atoms with Crippen LogP contribution in [0.15, 0.2) is 42.5 Å². The highest BCUT2D eigenvalue weighted by molar-refractivity contribution is 6.07. The third kappa shape index (κ3) is 3.09. The Labute approximate surface area is 165 Å². The van der Waals surface area contributed by atoms with Crippen molar-refractivity contribution in [2.45, 2.75) is 6.42 Å². The fourth-order valence-corrected chi connectivity index (χ4v) is 4.84. The van der Waals surface area contributed by atoms with E-state index in [1.165, 1.54) is 0 Å². The number of benzene rings is 2. The summed E-state index contributed by atoms with van der Waals surface area (Å²) in [7, 11) is 0. The second-order valence-electron chi connectivity index (χ2n) is 7.83. The van der Waals surface area contributed by atoms with Crippen molar-refractivity contribution < 1.29 is 9.59 Å². The molecule has 0 aromatic heterocycles. The Morgan fingerprint density at radius 3 is 2.44 bits per heavy atom. The largest absolute Gasteiger partial charge is 0.342 e. The molecule has 3 aliphatic rings. The quantitative estimate of drug-likeness (QED) is 0.863. The van der Waals surface area contributed by atoms with Crippen LogP contribution in [-0.4, -0.2) is 49.4 Å². The molecule has 2 amide bonds. The van der Waals surface area contributed by atoms with Gasteiger partial charge in [0.1, 0.15) is 0 Å². The topological polar surface area (TPSA) is 52.7 Å². The van der Waals surface area contributed by atoms with E-state index in [4.69, 9.17) is 0 Å². The Kier molecular flexibility index (Phi) is 4.82. The van der Waals surface area contributed by atoms with Crippen molar-refractivity contribution in [3.63, 3.8) is 0 Å². The lowest BCUT2D eigenvalue weighted by Crippen LogP contribution is -2.37. The van der Waals surface area contributed by atoms with Crippen molar-refractivity contribution in [3.8, 4) is 0 Å². The summed E-state index contributed by atoms with van der Waals surface area (Å²) in [5.74, 6) is 1.18. The number of likely N-dealkylation sites (tertiary alicyclic amines) is 1. The van der Waals surface area contributed by atoms with Gasteiger partial charge in [-0.15, -0.1) is 12.4 Å². The van der Waals surface area contributed by atoms with Crippen molar-refractivity contribution in [2.24, 2.45) is 17.8 Å². The Balaban J connectivity index is 0.00000180. The number of fused-ring (bicyclic) bond motifs is 2. The lowest BCUT2D eigenvalue weighted by Gasteiger charge is -2.22. The van der Waals surface area contributed by atoms with Crippen molar-refractivity contribution in [3.05, 3.63) is 42.5 Å². The van der Waals surface area contributed by atoms with Crippen LogP contribution in [0.25, 0.3) is 10.8 Å². The van der Waals surface area contributed by atoms with Gasteiger partial charge in [0.05, 0.1) is 11.6 Å². The van der Waals surface area contributed by atoms with Crippen LogP contribution in [0.3, 0.4) is 0 Å². The second-order valence-corrected chi connectivity index (χ2v) is 7.83. The van der Waals surface area contributed by atoms with E-state index in [2.05, 4.69) is 17.4 Å². The van der Waals surface area contributed by atoms with Gasteiger partial charge in [0.25, 0.3) is 0 Å². The van der Waals surface area contributed by atoms with Crippen LogP contribution in [0, 0.1) is 17.8 Å². The SMILES string of the molecule is Cl.O=C(C1CC(=O)N(c2cccc3ccccc23)C1)N1C[C@H]2CNC[C@H]2C1. The summed E-state index contributed by atoms with van der Waals surface area (Å²) < 4.78 is 0. The number of nitrogens with one attached hydrogen (secondary N) is 1. The van der Waals surface area contributed by atoms with Crippen LogP contribution in [0.1, 0.15) is 6.42 Å². The number of anilines is 1. The van der Waals surface area contributed by atoms with Crippen LogP contribution in [0.2, 0.25) is 0 Å². The van der Waals surface area contributed by atoms with Crippen molar-refractivity contribution in [1.29, 1.82) is 0 Å². The fourth-order valence-electron chi connectivity index (χ4n) is 4.84. The third-order valence-electron chi connectivity index (χ3n) is 6.23. The molecule has 27 heavy (non-hydrogen) atoms. The van der Waals surface area contributed by atoms with Gasteiger partial charge in [-0.2, -0.15) is 0 Å². The monoisotopic (exact) mass is 385 g/mol. The molecule has 3 saturated heterocycles. The molecule has 1 unspecified atom stereocenters. The maximum Gasteiger partial charge on any atom is 0.228 e. The van der Waals surface area contributed by atoms with E-state index in [1.807, 2.05) is 40.1 Å². The van der Waals surface area contributed by atoms with Gasteiger partial charge in [-0.1, -0.05) is 36.4 Å². The Bertz CT molecular complexity index is 869. The summed E-state index contributed by atoms with van der Waals surface area (Å²) in [6, 6.07) is 14.1. The van der Waals surface area contributed by atoms with Crippen LogP contribution < -0.4 is 10.2 Å². The van der Waals surface area contributed by atoms with Gasteiger partial charge in [0, 0.05) is 44.5 Å². The Morgan fingerprint density at radius 1 is 0.963 bits per heavy atom. The predicted molar refractivity (Wildman–Crippen MR) is 108 cm³/mol. The molecule has 0 saturated carbocycles. The molecule has 6 heteroatoms. The summed E-state index contributed by atoms with van der Waals surface area (Å²) >= 11 is 0. The van der Waals surface area contributed by atoms with Gasteiger partial charge in [0.15, 0.2) is 0 Å². The maximum atomic E-state index is 13.0. The number of halogens is 1. The lowest BCUT2D eigenvalue weighted by atomic mass is 10.0. The van der Waals surface area contributed by atoms with Gasteiger partial charge < -0.3 is 15.1 Å². The number of carbonyl (C=O) groups excluding carboxylic acids is 2. The highest BCUT2D eigenvalue weighted by Crippen LogP contribution is 2.34. The van der Waals surface area contributed by atoms with E-state index in [0.717, 1.165) is 42.6 Å². The van der Waals surface area contributed by atoms with E-state index in [9.17, 15) is 9.59 Å². The molecule has 2 aromatic carbocycles. The molecule has 0 spiro atoms. The molecular weight excluding hydrogens is 362 g/mol. The van der Waals surface area contributed by atoms with Gasteiger partial charge in [-0.05, 0) is 23.3 Å². The van der Waals surface area contributed by atoms with Gasteiger partial charge in [-0.25, -0.2) is 0 Å². The van der Waals surface area contributed by atoms with Crippen LogP contribution in [0.4, 0.5) is 5.69 Å². The summed E-state index contributed by atoms with van der Waals surface area (Å²) in [6.45, 7) is 4.21. The molecule has 0 radical (unpaired) electrons. The molecular formula is C21H24ClN3O2. The number of rotatable bonds is 2. The highest BCUT2D eigenvalue weighted by Gasteiger charge is 2.43. The Morgan fingerprint density at radius 2 is 1.67 bits per heavy atom. The number of carbonyl (C=O) groups is 2. The normalized spacial score (nSPS) is 27.1. The molecule has 5 nitrogen and oxygen atoms in total. The van der Waals surface area contributed by atoms with E-state index in [-0.39, 0.29) is 30.1 Å². The van der Waals surface area contributed by atoms with E-state index in [0.29, 0.717) is 24.8 Å². The first kappa shape index (κ1) is 18.3. The summed E-state index contributed by atoms with van der Waals surface area (Å²) in [6.07, 6.45) is 0.326. The van der Waals surface area contributed by atoms with Gasteiger partial charge >= 0.3 is 0 Å². The van der Waals surface area contributed by atoms with Crippen LogP contribution >= 0.6 is 12.4 Å². The zero-order valence-corrected chi connectivity index (χ0v) is 16.0. The summed E-state index contributed by atoms with van der Waals surface area (Å²) in [5.41, 5.74) is 0.922. The highest BCUT2D eigenvalue weighted by atomic mass is 35.5. The zero-order chi connectivity index (χ0) is 17.7. The number of hydrogen-bond acceptors (Lipinski definition) is 3. The molecule has 3 fully saturated rings. The first-order valence-electron chi connectivity index (χ1n) is 9.48. The van der Waals surface area contributed by atoms with E-state index >= 15 is 0 Å². The molecule has 2 aromatic rings. The zero-order valence-electron chi connectivity index (χ0n) is 15.1. The Hall–Kier alpha value is -2.11. The molecule has 0 bridgehead atoms. The van der Waals surface area contributed by atoms with E-state index < -0.39 is 0 Å². The van der Waals surface area contributed by atoms with Crippen LogP contribution in [-0.2, 0) is 9.59 Å². The molecule has 1 N–H and O–H groups in total.